The summed E-state index contributed by atoms with van der Waals surface area (Å²) in [5.41, 5.74) is 2.65. The lowest BCUT2D eigenvalue weighted by Gasteiger charge is -2.17. The minimum atomic E-state index is 0.248. The van der Waals surface area contributed by atoms with E-state index in [1.165, 1.54) is 24.0 Å². The first kappa shape index (κ1) is 10.5. The largest absolute Gasteiger partial charge is 0.496 e. The average molecular weight is 206 g/mol. The summed E-state index contributed by atoms with van der Waals surface area (Å²) in [4.78, 5) is 0. The van der Waals surface area contributed by atoms with E-state index >= 15 is 0 Å². The molecule has 0 saturated heterocycles. The molecular formula is C13H18O2. The fourth-order valence-corrected chi connectivity index (χ4v) is 2.37. The van der Waals surface area contributed by atoms with Crippen LogP contribution in [0.1, 0.15) is 36.5 Å². The Morgan fingerprint density at radius 3 is 2.80 bits per heavy atom. The van der Waals surface area contributed by atoms with Crippen molar-refractivity contribution in [2.24, 2.45) is 0 Å². The van der Waals surface area contributed by atoms with Crippen LogP contribution >= 0.6 is 0 Å². The van der Waals surface area contributed by atoms with Crippen LogP contribution in [0.2, 0.25) is 0 Å². The molecule has 15 heavy (non-hydrogen) atoms. The van der Waals surface area contributed by atoms with Crippen LogP contribution in [0.4, 0.5) is 0 Å². The third-order valence-electron chi connectivity index (χ3n) is 3.16. The molecule has 1 unspecified atom stereocenters. The second-order valence-electron chi connectivity index (χ2n) is 4.00. The van der Waals surface area contributed by atoms with E-state index in [1.807, 2.05) is 6.07 Å². The van der Waals surface area contributed by atoms with Gasteiger partial charge in [-0.25, -0.2) is 0 Å². The van der Waals surface area contributed by atoms with Crippen LogP contribution in [-0.2, 0) is 11.2 Å². The van der Waals surface area contributed by atoms with Crippen molar-refractivity contribution in [1.82, 2.24) is 0 Å². The summed E-state index contributed by atoms with van der Waals surface area (Å²) < 4.78 is 10.9. The van der Waals surface area contributed by atoms with Gasteiger partial charge < -0.3 is 9.47 Å². The van der Waals surface area contributed by atoms with E-state index in [0.29, 0.717) is 0 Å². The van der Waals surface area contributed by atoms with Crippen LogP contribution in [-0.4, -0.2) is 14.2 Å². The molecule has 0 N–H and O–H groups in total. The maximum Gasteiger partial charge on any atom is 0.122 e. The first-order chi connectivity index (χ1) is 7.36. The van der Waals surface area contributed by atoms with Gasteiger partial charge >= 0.3 is 0 Å². The van der Waals surface area contributed by atoms with Gasteiger partial charge in [0.05, 0.1) is 13.2 Å². The number of ether oxygens (including phenoxy) is 2. The topological polar surface area (TPSA) is 18.5 Å². The van der Waals surface area contributed by atoms with Crippen molar-refractivity contribution < 1.29 is 9.47 Å². The standard InChI is InChI=1S/C13H18O2/c1-14-12-8-4-3-6-10-11(12)7-5-9-13(10)15-2/h5,7,9,12H,3-4,6,8H2,1-2H3. The van der Waals surface area contributed by atoms with Gasteiger partial charge in [-0.1, -0.05) is 18.6 Å². The molecule has 2 nitrogen and oxygen atoms in total. The van der Waals surface area contributed by atoms with Crippen LogP contribution in [0.3, 0.4) is 0 Å². The van der Waals surface area contributed by atoms with Crippen molar-refractivity contribution in [2.45, 2.75) is 31.8 Å². The predicted molar refractivity (Wildman–Crippen MR) is 60.3 cm³/mol. The molecule has 2 heteroatoms. The smallest absolute Gasteiger partial charge is 0.122 e. The Kier molecular flexibility index (Phi) is 3.27. The summed E-state index contributed by atoms with van der Waals surface area (Å²) in [6, 6.07) is 6.25. The van der Waals surface area contributed by atoms with Gasteiger partial charge in [-0.3, -0.25) is 0 Å². The molecule has 1 aromatic rings. The van der Waals surface area contributed by atoms with Gasteiger partial charge in [-0.15, -0.1) is 0 Å². The predicted octanol–water partition coefficient (Wildman–Crippen LogP) is 3.11. The molecule has 0 aliphatic heterocycles. The lowest BCUT2D eigenvalue weighted by molar-refractivity contribution is 0.0950. The van der Waals surface area contributed by atoms with Gasteiger partial charge in [0.2, 0.25) is 0 Å². The number of hydrogen-bond donors (Lipinski definition) is 0. The lowest BCUT2D eigenvalue weighted by atomic mass is 10.00. The number of benzene rings is 1. The van der Waals surface area contributed by atoms with Crippen molar-refractivity contribution in [3.05, 3.63) is 29.3 Å². The highest BCUT2D eigenvalue weighted by Crippen LogP contribution is 2.35. The molecule has 1 aromatic carbocycles. The number of hydrogen-bond acceptors (Lipinski definition) is 2. The van der Waals surface area contributed by atoms with Crippen molar-refractivity contribution in [1.29, 1.82) is 0 Å². The Balaban J connectivity index is 2.44. The molecule has 0 heterocycles. The fourth-order valence-electron chi connectivity index (χ4n) is 2.37. The van der Waals surface area contributed by atoms with Gasteiger partial charge in [0.25, 0.3) is 0 Å². The Bertz CT molecular complexity index is 333. The van der Waals surface area contributed by atoms with Gasteiger partial charge in [-0.2, -0.15) is 0 Å². The first-order valence-corrected chi connectivity index (χ1v) is 5.55. The Hall–Kier alpha value is -1.02. The summed E-state index contributed by atoms with van der Waals surface area (Å²) in [7, 11) is 3.53. The fraction of sp³-hybridized carbons (Fsp3) is 0.538. The molecule has 82 valence electrons. The number of fused-ring (bicyclic) bond motifs is 1. The SMILES string of the molecule is COc1cccc2c1CCCCC2OC. The lowest BCUT2D eigenvalue weighted by Crippen LogP contribution is -2.03. The van der Waals surface area contributed by atoms with Gasteiger partial charge in [-0.05, 0) is 36.5 Å². The summed E-state index contributed by atoms with van der Waals surface area (Å²) in [6.45, 7) is 0. The Morgan fingerprint density at radius 2 is 2.07 bits per heavy atom. The molecule has 1 aliphatic carbocycles. The van der Waals surface area contributed by atoms with E-state index in [4.69, 9.17) is 9.47 Å². The highest BCUT2D eigenvalue weighted by Gasteiger charge is 2.20. The number of rotatable bonds is 2. The highest BCUT2D eigenvalue weighted by atomic mass is 16.5. The molecule has 0 spiro atoms. The summed E-state index contributed by atoms with van der Waals surface area (Å²) in [5, 5.41) is 0. The van der Waals surface area contributed by atoms with Crippen molar-refractivity contribution >= 4 is 0 Å². The quantitative estimate of drug-likeness (QED) is 0.692. The molecule has 0 saturated carbocycles. The average Bonchev–Trinajstić information content (AvgIpc) is 2.50. The molecule has 2 rings (SSSR count). The molecule has 1 atom stereocenters. The van der Waals surface area contributed by atoms with Crippen LogP contribution in [0.15, 0.2) is 18.2 Å². The van der Waals surface area contributed by atoms with Crippen molar-refractivity contribution in [3.8, 4) is 5.75 Å². The van der Waals surface area contributed by atoms with Crippen molar-refractivity contribution in [3.63, 3.8) is 0 Å². The van der Waals surface area contributed by atoms with E-state index in [1.54, 1.807) is 14.2 Å². The van der Waals surface area contributed by atoms with E-state index in [-0.39, 0.29) is 6.10 Å². The minimum Gasteiger partial charge on any atom is -0.496 e. The van der Waals surface area contributed by atoms with Gasteiger partial charge in [0.15, 0.2) is 0 Å². The molecule has 0 bridgehead atoms. The van der Waals surface area contributed by atoms with Crippen LogP contribution in [0, 0.1) is 0 Å². The zero-order valence-electron chi connectivity index (χ0n) is 9.45. The van der Waals surface area contributed by atoms with Gasteiger partial charge in [0.1, 0.15) is 5.75 Å². The van der Waals surface area contributed by atoms with Crippen molar-refractivity contribution in [2.75, 3.05) is 14.2 Å². The first-order valence-electron chi connectivity index (χ1n) is 5.55. The van der Waals surface area contributed by atoms with Crippen LogP contribution in [0.5, 0.6) is 5.75 Å². The van der Waals surface area contributed by atoms with Crippen LogP contribution in [0.25, 0.3) is 0 Å². The maximum atomic E-state index is 5.54. The van der Waals surface area contributed by atoms with E-state index in [2.05, 4.69) is 12.1 Å². The Morgan fingerprint density at radius 1 is 1.20 bits per heavy atom. The summed E-state index contributed by atoms with van der Waals surface area (Å²) >= 11 is 0. The van der Waals surface area contributed by atoms with E-state index < -0.39 is 0 Å². The minimum absolute atomic E-state index is 0.248. The zero-order valence-corrected chi connectivity index (χ0v) is 9.45. The second-order valence-corrected chi connectivity index (χ2v) is 4.00. The molecule has 0 amide bonds. The third-order valence-corrected chi connectivity index (χ3v) is 3.16. The Labute approximate surface area is 91.2 Å². The molecule has 0 radical (unpaired) electrons. The third kappa shape index (κ3) is 2.00. The summed E-state index contributed by atoms with van der Waals surface area (Å²) in [6.07, 6.45) is 4.94. The van der Waals surface area contributed by atoms with E-state index in [9.17, 15) is 0 Å². The highest BCUT2D eigenvalue weighted by molar-refractivity contribution is 5.42. The summed E-state index contributed by atoms with van der Waals surface area (Å²) in [5.74, 6) is 1.01. The maximum absolute atomic E-state index is 5.54. The van der Waals surface area contributed by atoms with Gasteiger partial charge in [0, 0.05) is 7.11 Å². The molecule has 1 aliphatic rings. The molecular weight excluding hydrogens is 188 g/mol. The van der Waals surface area contributed by atoms with E-state index in [0.717, 1.165) is 18.6 Å². The zero-order chi connectivity index (χ0) is 10.7. The normalized spacial score (nSPS) is 20.5. The van der Waals surface area contributed by atoms with Crippen LogP contribution < -0.4 is 4.74 Å². The monoisotopic (exact) mass is 206 g/mol. The molecule has 0 aromatic heterocycles. The molecule has 0 fully saturated rings. The second kappa shape index (κ2) is 4.67. The number of methoxy groups -OCH3 is 2.